The van der Waals surface area contributed by atoms with E-state index in [9.17, 15) is 14.7 Å². The average Bonchev–Trinajstić information content (AvgIpc) is 2.87. The Morgan fingerprint density at radius 1 is 1.04 bits per heavy atom. The quantitative estimate of drug-likeness (QED) is 0.897. The van der Waals surface area contributed by atoms with Gasteiger partial charge in [0.15, 0.2) is 11.5 Å². The zero-order chi connectivity index (χ0) is 18.1. The van der Waals surface area contributed by atoms with Crippen molar-refractivity contribution in [3.8, 4) is 0 Å². The minimum Gasteiger partial charge on any atom is -0.503 e. The van der Waals surface area contributed by atoms with Crippen LogP contribution in [0.4, 0.5) is 0 Å². The van der Waals surface area contributed by atoms with E-state index in [-0.39, 0.29) is 28.6 Å². The lowest BCUT2D eigenvalue weighted by molar-refractivity contribution is -0.150. The topological polar surface area (TPSA) is 57.6 Å². The Labute approximate surface area is 153 Å². The molecule has 1 amide bonds. The highest BCUT2D eigenvalue weighted by Gasteiger charge is 2.59. The summed E-state index contributed by atoms with van der Waals surface area (Å²) >= 11 is 0. The van der Waals surface area contributed by atoms with E-state index in [1.54, 1.807) is 0 Å². The molecule has 1 atom stereocenters. The Balaban J connectivity index is 1.63. The van der Waals surface area contributed by atoms with Crippen molar-refractivity contribution in [3.05, 3.63) is 47.2 Å². The Bertz CT molecular complexity index is 775. The minimum absolute atomic E-state index is 0.197. The Morgan fingerprint density at radius 3 is 2.08 bits per heavy atom. The fourth-order valence-electron chi connectivity index (χ4n) is 6.76. The lowest BCUT2D eigenvalue weighted by Crippen LogP contribution is -2.61. The summed E-state index contributed by atoms with van der Waals surface area (Å²) in [5.41, 5.74) is 1.00. The highest BCUT2D eigenvalue weighted by molar-refractivity contribution is 6.08. The van der Waals surface area contributed by atoms with Crippen molar-refractivity contribution in [2.45, 2.75) is 57.0 Å². The SMILES string of the molecule is CC(=O)C1=C(O)C(=O)N(C23CC4CC(CC(C4)C2)C3)C1c1ccccc1. The molecule has 1 N–H and O–H groups in total. The molecule has 26 heavy (non-hydrogen) atoms. The van der Waals surface area contributed by atoms with Crippen molar-refractivity contribution in [1.29, 1.82) is 0 Å². The van der Waals surface area contributed by atoms with Crippen LogP contribution in [0.5, 0.6) is 0 Å². The maximum Gasteiger partial charge on any atom is 0.290 e. The number of aliphatic hydroxyl groups excluding tert-OH is 1. The van der Waals surface area contributed by atoms with Gasteiger partial charge in [0.2, 0.25) is 0 Å². The third-order valence-corrected chi connectivity index (χ3v) is 7.22. The van der Waals surface area contributed by atoms with Gasteiger partial charge in [-0.05, 0) is 68.8 Å². The van der Waals surface area contributed by atoms with Crippen LogP contribution in [-0.4, -0.2) is 27.2 Å². The Kier molecular flexibility index (Phi) is 3.37. The maximum absolute atomic E-state index is 13.2. The van der Waals surface area contributed by atoms with Crippen LogP contribution in [0, 0.1) is 17.8 Å². The van der Waals surface area contributed by atoms with Crippen LogP contribution >= 0.6 is 0 Å². The second-order valence-corrected chi connectivity index (χ2v) is 8.95. The lowest BCUT2D eigenvalue weighted by Gasteiger charge is -2.60. The third kappa shape index (κ3) is 2.14. The molecule has 1 aromatic rings. The van der Waals surface area contributed by atoms with Gasteiger partial charge < -0.3 is 10.0 Å². The van der Waals surface area contributed by atoms with Crippen molar-refractivity contribution < 1.29 is 14.7 Å². The first kappa shape index (κ1) is 16.1. The van der Waals surface area contributed by atoms with E-state index in [0.717, 1.165) is 24.8 Å². The molecule has 0 radical (unpaired) electrons. The molecule has 1 heterocycles. The van der Waals surface area contributed by atoms with E-state index in [2.05, 4.69) is 0 Å². The van der Waals surface area contributed by atoms with Crippen molar-refractivity contribution >= 4 is 11.7 Å². The van der Waals surface area contributed by atoms with Gasteiger partial charge in [0.05, 0.1) is 11.6 Å². The third-order valence-electron chi connectivity index (χ3n) is 7.22. The number of ketones is 1. The van der Waals surface area contributed by atoms with Crippen molar-refractivity contribution in [2.24, 2.45) is 17.8 Å². The number of carbonyl (C=O) groups is 2. The number of nitrogens with zero attached hydrogens (tertiary/aromatic N) is 1. The molecule has 136 valence electrons. The Morgan fingerprint density at radius 2 is 1.58 bits per heavy atom. The second kappa shape index (κ2) is 5.45. The number of benzene rings is 1. The summed E-state index contributed by atoms with van der Waals surface area (Å²) in [7, 11) is 0. The van der Waals surface area contributed by atoms with Gasteiger partial charge >= 0.3 is 0 Å². The first-order valence-electron chi connectivity index (χ1n) is 9.81. The van der Waals surface area contributed by atoms with E-state index in [4.69, 9.17) is 0 Å². The summed E-state index contributed by atoms with van der Waals surface area (Å²) in [6.07, 6.45) is 6.92. The Hall–Kier alpha value is -2.10. The summed E-state index contributed by atoms with van der Waals surface area (Å²) in [5, 5.41) is 10.6. The normalized spacial score (nSPS) is 38.3. The predicted octanol–water partition coefficient (Wildman–Crippen LogP) is 3.94. The molecule has 4 bridgehead atoms. The molecule has 0 saturated heterocycles. The molecule has 0 spiro atoms. The molecule has 4 aliphatic carbocycles. The molecule has 4 fully saturated rings. The van der Waals surface area contributed by atoms with E-state index in [1.165, 1.54) is 26.2 Å². The van der Waals surface area contributed by atoms with Crippen LogP contribution in [0.2, 0.25) is 0 Å². The molecule has 4 heteroatoms. The van der Waals surface area contributed by atoms with Crippen molar-refractivity contribution in [2.75, 3.05) is 0 Å². The maximum atomic E-state index is 13.2. The van der Waals surface area contributed by atoms with Crippen molar-refractivity contribution in [1.82, 2.24) is 4.90 Å². The molecule has 1 aromatic carbocycles. The van der Waals surface area contributed by atoms with Crippen LogP contribution in [0.1, 0.15) is 57.1 Å². The van der Waals surface area contributed by atoms with E-state index in [0.29, 0.717) is 17.8 Å². The predicted molar refractivity (Wildman–Crippen MR) is 97.3 cm³/mol. The second-order valence-electron chi connectivity index (χ2n) is 8.95. The van der Waals surface area contributed by atoms with Crippen LogP contribution in [-0.2, 0) is 9.59 Å². The minimum atomic E-state index is -0.447. The van der Waals surface area contributed by atoms with Gasteiger partial charge in [-0.25, -0.2) is 0 Å². The molecule has 0 aromatic heterocycles. The molecule has 5 aliphatic rings. The number of hydrogen-bond acceptors (Lipinski definition) is 3. The van der Waals surface area contributed by atoms with E-state index in [1.807, 2.05) is 35.2 Å². The van der Waals surface area contributed by atoms with Gasteiger partial charge in [-0.2, -0.15) is 0 Å². The van der Waals surface area contributed by atoms with Gasteiger partial charge in [-0.3, -0.25) is 9.59 Å². The smallest absolute Gasteiger partial charge is 0.290 e. The first-order chi connectivity index (χ1) is 12.5. The molecule has 4 saturated carbocycles. The summed E-state index contributed by atoms with van der Waals surface area (Å²) < 4.78 is 0. The number of Topliss-reactive ketones (excluding diaryl/α,β-unsaturated/α-hetero) is 1. The van der Waals surface area contributed by atoms with Gasteiger partial charge in [-0.1, -0.05) is 30.3 Å². The largest absolute Gasteiger partial charge is 0.503 e. The summed E-state index contributed by atoms with van der Waals surface area (Å²) in [5.74, 6) is 1.18. The number of aliphatic hydroxyl groups is 1. The molecular formula is C22H25NO3. The highest BCUT2D eigenvalue weighted by Crippen LogP contribution is 2.60. The monoisotopic (exact) mass is 351 g/mol. The van der Waals surface area contributed by atoms with Gasteiger partial charge in [-0.15, -0.1) is 0 Å². The zero-order valence-corrected chi connectivity index (χ0v) is 15.1. The molecule has 4 nitrogen and oxygen atoms in total. The summed E-state index contributed by atoms with van der Waals surface area (Å²) in [6, 6.07) is 9.29. The molecular weight excluding hydrogens is 326 g/mol. The van der Waals surface area contributed by atoms with E-state index < -0.39 is 6.04 Å². The van der Waals surface area contributed by atoms with Gasteiger partial charge in [0.1, 0.15) is 0 Å². The fourth-order valence-corrected chi connectivity index (χ4v) is 6.76. The molecule has 1 unspecified atom stereocenters. The summed E-state index contributed by atoms with van der Waals surface area (Å²) in [4.78, 5) is 27.5. The molecule has 6 rings (SSSR count). The summed E-state index contributed by atoms with van der Waals surface area (Å²) in [6.45, 7) is 1.46. The fraction of sp³-hybridized carbons (Fsp3) is 0.545. The standard InChI is InChI=1S/C22H25NO3/c1-13(24)18-19(17-5-3-2-4-6-17)23(21(26)20(18)25)22-10-14-7-15(11-22)9-16(8-14)12-22/h2-6,14-16,19,25H,7-12H2,1H3. The van der Waals surface area contributed by atoms with Crippen LogP contribution in [0.15, 0.2) is 41.7 Å². The van der Waals surface area contributed by atoms with Gasteiger partial charge in [0.25, 0.3) is 5.91 Å². The van der Waals surface area contributed by atoms with Crippen LogP contribution in [0.25, 0.3) is 0 Å². The lowest BCUT2D eigenvalue weighted by atomic mass is 9.52. The molecule has 1 aliphatic heterocycles. The average molecular weight is 351 g/mol. The first-order valence-corrected chi connectivity index (χ1v) is 9.81. The number of rotatable bonds is 3. The highest BCUT2D eigenvalue weighted by atomic mass is 16.3. The van der Waals surface area contributed by atoms with E-state index >= 15 is 0 Å². The number of carbonyl (C=O) groups excluding carboxylic acids is 2. The number of amides is 1. The van der Waals surface area contributed by atoms with Gasteiger partial charge in [0, 0.05) is 5.54 Å². The van der Waals surface area contributed by atoms with Crippen molar-refractivity contribution in [3.63, 3.8) is 0 Å². The number of hydrogen-bond donors (Lipinski definition) is 1. The van der Waals surface area contributed by atoms with Crippen LogP contribution in [0.3, 0.4) is 0 Å². The zero-order valence-electron chi connectivity index (χ0n) is 15.1. The van der Waals surface area contributed by atoms with Crippen LogP contribution < -0.4 is 0 Å².